The molecule has 0 spiro atoms. The van der Waals surface area contributed by atoms with Crippen LogP contribution in [0, 0.1) is 0 Å². The predicted molar refractivity (Wildman–Crippen MR) is 82.0 cm³/mol. The zero-order valence-electron chi connectivity index (χ0n) is 12.9. The van der Waals surface area contributed by atoms with Gasteiger partial charge in [0.1, 0.15) is 0 Å². The first kappa shape index (κ1) is 15.5. The number of hydrogen-bond donors (Lipinski definition) is 0. The summed E-state index contributed by atoms with van der Waals surface area (Å²) in [6, 6.07) is 5.94. The molecule has 122 valence electrons. The Kier molecular flexibility index (Phi) is 4.26. The van der Waals surface area contributed by atoms with Gasteiger partial charge in [0.05, 0.1) is 0 Å². The molecule has 1 aromatic rings. The lowest BCUT2D eigenvalue weighted by atomic mass is 10.2. The summed E-state index contributed by atoms with van der Waals surface area (Å²) in [5.74, 6) is 1.57. The first-order valence-electron chi connectivity index (χ1n) is 7.25. The number of hydrogen-bond acceptors (Lipinski definition) is 5. The van der Waals surface area contributed by atoms with Crippen molar-refractivity contribution in [1.29, 1.82) is 0 Å². The van der Waals surface area contributed by atoms with Gasteiger partial charge < -0.3 is 9.47 Å². The topological polar surface area (TPSA) is 62.3 Å². The Morgan fingerprint density at radius 3 is 2.45 bits per heavy atom. The summed E-state index contributed by atoms with van der Waals surface area (Å²) in [5.41, 5.74) is 1.15. The van der Waals surface area contributed by atoms with Crippen LogP contribution in [0.3, 0.4) is 0 Å². The third kappa shape index (κ3) is 3.05. The second-order valence-corrected chi connectivity index (χ2v) is 7.80. The van der Waals surface area contributed by atoms with Crippen LogP contribution in [0.1, 0.15) is 5.56 Å². The van der Waals surface area contributed by atoms with Crippen LogP contribution in [0.15, 0.2) is 18.2 Å². The molecule has 0 amide bonds. The maximum Gasteiger partial charge on any atom is 0.281 e. The molecule has 1 aromatic carbocycles. The number of nitrogens with zero attached hydrogens (tertiary/aromatic N) is 3. The van der Waals surface area contributed by atoms with Crippen LogP contribution in [0.4, 0.5) is 0 Å². The van der Waals surface area contributed by atoms with E-state index < -0.39 is 10.2 Å². The standard InChI is InChI=1S/C14H21N3O4S/c1-15(2)22(18,19)17-7-5-16(6-8-17)10-12-3-4-13-14(9-12)21-11-20-13/h3-4,9H,5-8,10-11H2,1-2H3. The van der Waals surface area contributed by atoms with E-state index in [0.29, 0.717) is 13.1 Å². The van der Waals surface area contributed by atoms with Gasteiger partial charge >= 0.3 is 0 Å². The predicted octanol–water partition coefficient (Wildman–Crippen LogP) is 0.339. The molecule has 1 saturated heterocycles. The van der Waals surface area contributed by atoms with Crippen LogP contribution in [-0.4, -0.2) is 69.0 Å². The van der Waals surface area contributed by atoms with E-state index in [9.17, 15) is 8.42 Å². The van der Waals surface area contributed by atoms with Crippen molar-refractivity contribution in [3.8, 4) is 11.5 Å². The van der Waals surface area contributed by atoms with E-state index >= 15 is 0 Å². The molecule has 0 unspecified atom stereocenters. The van der Waals surface area contributed by atoms with Crippen LogP contribution in [-0.2, 0) is 16.8 Å². The highest BCUT2D eigenvalue weighted by molar-refractivity contribution is 7.86. The second-order valence-electron chi connectivity index (χ2n) is 5.65. The molecule has 0 N–H and O–H groups in total. The van der Waals surface area contributed by atoms with Crippen molar-refractivity contribution in [3.63, 3.8) is 0 Å². The molecule has 2 heterocycles. The van der Waals surface area contributed by atoms with Crippen molar-refractivity contribution in [2.24, 2.45) is 0 Å². The van der Waals surface area contributed by atoms with E-state index in [4.69, 9.17) is 9.47 Å². The largest absolute Gasteiger partial charge is 0.454 e. The summed E-state index contributed by atoms with van der Waals surface area (Å²) in [5, 5.41) is 0. The smallest absolute Gasteiger partial charge is 0.281 e. The van der Waals surface area contributed by atoms with Crippen molar-refractivity contribution >= 4 is 10.2 Å². The minimum absolute atomic E-state index is 0.278. The highest BCUT2D eigenvalue weighted by atomic mass is 32.2. The van der Waals surface area contributed by atoms with E-state index in [-0.39, 0.29) is 6.79 Å². The van der Waals surface area contributed by atoms with E-state index in [1.54, 1.807) is 14.1 Å². The Labute approximate surface area is 131 Å². The van der Waals surface area contributed by atoms with Gasteiger partial charge in [0.15, 0.2) is 11.5 Å². The average molecular weight is 327 g/mol. The minimum atomic E-state index is -3.30. The molecule has 0 aromatic heterocycles. The molecule has 2 aliphatic rings. The monoisotopic (exact) mass is 327 g/mol. The summed E-state index contributed by atoms with van der Waals surface area (Å²) in [6.07, 6.45) is 0. The normalized spacial score (nSPS) is 19.8. The number of benzene rings is 1. The van der Waals surface area contributed by atoms with Crippen molar-refractivity contribution in [2.75, 3.05) is 47.1 Å². The SMILES string of the molecule is CN(C)S(=O)(=O)N1CCN(Cc2ccc3c(c2)OCO3)CC1. The zero-order valence-corrected chi connectivity index (χ0v) is 13.7. The van der Waals surface area contributed by atoms with Crippen molar-refractivity contribution < 1.29 is 17.9 Å². The van der Waals surface area contributed by atoms with Gasteiger partial charge in [-0.15, -0.1) is 0 Å². The molecule has 1 fully saturated rings. The number of fused-ring (bicyclic) bond motifs is 1. The van der Waals surface area contributed by atoms with Gasteiger partial charge in [-0.2, -0.15) is 17.0 Å². The van der Waals surface area contributed by atoms with Crippen LogP contribution >= 0.6 is 0 Å². The Bertz CT molecular complexity index is 639. The summed E-state index contributed by atoms with van der Waals surface area (Å²) in [4.78, 5) is 2.25. The fraction of sp³-hybridized carbons (Fsp3) is 0.571. The molecular formula is C14H21N3O4S. The van der Waals surface area contributed by atoms with Gasteiger partial charge in [-0.25, -0.2) is 0 Å². The summed E-state index contributed by atoms with van der Waals surface area (Å²) in [7, 11) is -0.173. The quantitative estimate of drug-likeness (QED) is 0.798. The average Bonchev–Trinajstić information content (AvgIpc) is 2.95. The molecular weight excluding hydrogens is 306 g/mol. The lowest BCUT2D eigenvalue weighted by Crippen LogP contribution is -2.51. The van der Waals surface area contributed by atoms with Gasteiger partial charge in [-0.1, -0.05) is 6.07 Å². The Balaban J connectivity index is 1.58. The van der Waals surface area contributed by atoms with E-state index in [0.717, 1.165) is 36.7 Å². The first-order chi connectivity index (χ1) is 10.5. The molecule has 0 radical (unpaired) electrons. The van der Waals surface area contributed by atoms with Gasteiger partial charge in [0.25, 0.3) is 10.2 Å². The molecule has 3 rings (SSSR count). The summed E-state index contributed by atoms with van der Waals surface area (Å²) < 4.78 is 37.6. The molecule has 2 aliphatic heterocycles. The highest BCUT2D eigenvalue weighted by Crippen LogP contribution is 2.32. The van der Waals surface area contributed by atoms with Crippen molar-refractivity contribution in [3.05, 3.63) is 23.8 Å². The summed E-state index contributed by atoms with van der Waals surface area (Å²) in [6.45, 7) is 3.55. The van der Waals surface area contributed by atoms with Gasteiger partial charge in [0.2, 0.25) is 6.79 Å². The summed E-state index contributed by atoms with van der Waals surface area (Å²) >= 11 is 0. The molecule has 0 saturated carbocycles. The molecule has 22 heavy (non-hydrogen) atoms. The molecule has 0 aliphatic carbocycles. The van der Waals surface area contributed by atoms with Gasteiger partial charge in [-0.3, -0.25) is 4.90 Å². The maximum atomic E-state index is 12.1. The Morgan fingerprint density at radius 2 is 1.77 bits per heavy atom. The molecule has 0 bridgehead atoms. The maximum absolute atomic E-state index is 12.1. The lowest BCUT2D eigenvalue weighted by molar-refractivity contribution is 0.173. The fourth-order valence-corrected chi connectivity index (χ4v) is 3.73. The number of ether oxygens (including phenoxy) is 2. The number of piperazine rings is 1. The third-order valence-electron chi connectivity index (χ3n) is 3.96. The minimum Gasteiger partial charge on any atom is -0.454 e. The Hall–Kier alpha value is -1.35. The van der Waals surface area contributed by atoms with Crippen LogP contribution in [0.25, 0.3) is 0 Å². The van der Waals surface area contributed by atoms with Crippen LogP contribution in [0.5, 0.6) is 11.5 Å². The number of rotatable bonds is 4. The zero-order chi connectivity index (χ0) is 15.7. The van der Waals surface area contributed by atoms with Crippen LogP contribution < -0.4 is 9.47 Å². The molecule has 7 nitrogen and oxygen atoms in total. The van der Waals surface area contributed by atoms with Crippen molar-refractivity contribution in [2.45, 2.75) is 6.54 Å². The fourth-order valence-electron chi connectivity index (χ4n) is 2.65. The van der Waals surface area contributed by atoms with Crippen LogP contribution in [0.2, 0.25) is 0 Å². The first-order valence-corrected chi connectivity index (χ1v) is 8.65. The third-order valence-corrected chi connectivity index (χ3v) is 5.90. The lowest BCUT2D eigenvalue weighted by Gasteiger charge is -2.35. The second kappa shape index (κ2) is 6.04. The van der Waals surface area contributed by atoms with E-state index in [2.05, 4.69) is 4.90 Å². The van der Waals surface area contributed by atoms with Gasteiger partial charge in [-0.05, 0) is 17.7 Å². The van der Waals surface area contributed by atoms with Crippen molar-refractivity contribution in [1.82, 2.24) is 13.5 Å². The van der Waals surface area contributed by atoms with E-state index in [1.165, 1.54) is 8.61 Å². The van der Waals surface area contributed by atoms with E-state index in [1.807, 2.05) is 18.2 Å². The Morgan fingerprint density at radius 1 is 1.09 bits per heavy atom. The van der Waals surface area contributed by atoms with Gasteiger partial charge in [0, 0.05) is 46.8 Å². The molecule has 0 atom stereocenters. The highest BCUT2D eigenvalue weighted by Gasteiger charge is 2.28. The molecule has 8 heteroatoms.